The van der Waals surface area contributed by atoms with Crippen LogP contribution in [0.2, 0.25) is 0 Å². The van der Waals surface area contributed by atoms with Gasteiger partial charge in [-0.1, -0.05) is 48.5 Å². The molecule has 0 saturated carbocycles. The van der Waals surface area contributed by atoms with Crippen molar-refractivity contribution in [1.82, 2.24) is 25.5 Å². The van der Waals surface area contributed by atoms with Gasteiger partial charge in [-0.05, 0) is 41.6 Å². The first kappa shape index (κ1) is 13.5. The lowest BCUT2D eigenvalue weighted by Gasteiger charge is -2.16. The van der Waals surface area contributed by atoms with Crippen molar-refractivity contribution in [2.45, 2.75) is 13.0 Å². The zero-order valence-corrected chi connectivity index (χ0v) is 12.1. The lowest BCUT2D eigenvalue weighted by Crippen LogP contribution is -2.22. The fourth-order valence-corrected chi connectivity index (χ4v) is 2.44. The molecule has 0 unspecified atom stereocenters. The number of rotatable bonds is 4. The predicted molar refractivity (Wildman–Crippen MR) is 81.2 cm³/mol. The molecule has 0 bridgehead atoms. The number of aromatic nitrogens is 4. The van der Waals surface area contributed by atoms with Gasteiger partial charge in [0.2, 0.25) is 0 Å². The lowest BCUT2D eigenvalue weighted by molar-refractivity contribution is 0.620. The lowest BCUT2D eigenvalue weighted by atomic mass is 10.1. The van der Waals surface area contributed by atoms with Gasteiger partial charge in [0.25, 0.3) is 0 Å². The van der Waals surface area contributed by atoms with Crippen LogP contribution in [0.4, 0.5) is 0 Å². The van der Waals surface area contributed by atoms with E-state index in [0.29, 0.717) is 0 Å². The van der Waals surface area contributed by atoms with Crippen LogP contribution in [0.5, 0.6) is 0 Å². The van der Waals surface area contributed by atoms with Crippen molar-refractivity contribution < 1.29 is 0 Å². The molecule has 1 heterocycles. The summed E-state index contributed by atoms with van der Waals surface area (Å²) in [6, 6.07) is 18.2. The highest BCUT2D eigenvalue weighted by Crippen LogP contribution is 2.22. The Labute approximate surface area is 123 Å². The fourth-order valence-electron chi connectivity index (χ4n) is 2.44. The highest BCUT2D eigenvalue weighted by Gasteiger charge is 2.20. The molecule has 0 aliphatic carbocycles. The van der Waals surface area contributed by atoms with Gasteiger partial charge in [0.15, 0.2) is 5.82 Å². The summed E-state index contributed by atoms with van der Waals surface area (Å²) >= 11 is 0. The van der Waals surface area contributed by atoms with Crippen LogP contribution in [0.3, 0.4) is 0 Å². The second-order valence-corrected chi connectivity index (χ2v) is 4.87. The van der Waals surface area contributed by atoms with Crippen LogP contribution in [0.25, 0.3) is 5.69 Å². The normalized spacial score (nSPS) is 12.3. The molecular formula is C16H17N5. The number of aryl methyl sites for hydroxylation is 1. The van der Waals surface area contributed by atoms with Gasteiger partial charge in [-0.25, -0.2) is 0 Å². The Kier molecular flexibility index (Phi) is 3.75. The molecule has 5 nitrogen and oxygen atoms in total. The van der Waals surface area contributed by atoms with Crippen LogP contribution in [0.15, 0.2) is 54.6 Å². The maximum atomic E-state index is 4.22. The Morgan fingerprint density at radius 2 is 1.71 bits per heavy atom. The Balaban J connectivity index is 2.08. The molecule has 1 N–H and O–H groups in total. The quantitative estimate of drug-likeness (QED) is 0.796. The number of para-hydroxylation sites is 1. The maximum absolute atomic E-state index is 4.22. The van der Waals surface area contributed by atoms with Crippen LogP contribution in [-0.4, -0.2) is 27.3 Å². The van der Waals surface area contributed by atoms with Crippen molar-refractivity contribution in [2.24, 2.45) is 0 Å². The van der Waals surface area contributed by atoms with Crippen molar-refractivity contribution in [3.05, 3.63) is 71.5 Å². The molecule has 3 aromatic rings. The van der Waals surface area contributed by atoms with Crippen molar-refractivity contribution in [3.63, 3.8) is 0 Å². The van der Waals surface area contributed by atoms with Gasteiger partial charge < -0.3 is 5.32 Å². The Hall–Kier alpha value is -2.53. The van der Waals surface area contributed by atoms with Gasteiger partial charge in [-0.3, -0.25) is 0 Å². The Bertz CT molecular complexity index is 720. The van der Waals surface area contributed by atoms with Gasteiger partial charge in [-0.2, -0.15) is 4.68 Å². The molecule has 0 radical (unpaired) electrons. The highest BCUT2D eigenvalue weighted by atomic mass is 15.5. The molecule has 3 rings (SSSR count). The van der Waals surface area contributed by atoms with Crippen LogP contribution in [0.1, 0.15) is 23.0 Å². The average molecular weight is 279 g/mol. The highest BCUT2D eigenvalue weighted by molar-refractivity contribution is 5.40. The van der Waals surface area contributed by atoms with E-state index in [1.165, 1.54) is 0 Å². The minimum Gasteiger partial charge on any atom is -0.307 e. The largest absolute Gasteiger partial charge is 0.307 e. The summed E-state index contributed by atoms with van der Waals surface area (Å²) in [5, 5.41) is 15.5. The van der Waals surface area contributed by atoms with Crippen LogP contribution in [-0.2, 0) is 0 Å². The Morgan fingerprint density at radius 3 is 2.43 bits per heavy atom. The molecule has 0 spiro atoms. The summed E-state index contributed by atoms with van der Waals surface area (Å²) in [5.74, 6) is 0.776. The Morgan fingerprint density at radius 1 is 1.00 bits per heavy atom. The smallest absolute Gasteiger partial charge is 0.178 e. The van der Waals surface area contributed by atoms with E-state index in [2.05, 4.69) is 46.0 Å². The molecule has 0 amide bonds. The molecule has 2 aromatic carbocycles. The number of nitrogens with one attached hydrogen (secondary N) is 1. The van der Waals surface area contributed by atoms with E-state index in [0.717, 1.165) is 22.6 Å². The maximum Gasteiger partial charge on any atom is 0.178 e. The van der Waals surface area contributed by atoms with Gasteiger partial charge in [0.1, 0.15) is 0 Å². The van der Waals surface area contributed by atoms with Crippen molar-refractivity contribution >= 4 is 0 Å². The fraction of sp³-hybridized carbons (Fsp3) is 0.188. The first-order valence-corrected chi connectivity index (χ1v) is 6.87. The summed E-state index contributed by atoms with van der Waals surface area (Å²) in [6.45, 7) is 2.05. The topological polar surface area (TPSA) is 55.6 Å². The third kappa shape index (κ3) is 2.55. The molecule has 21 heavy (non-hydrogen) atoms. The second-order valence-electron chi connectivity index (χ2n) is 4.87. The number of nitrogens with zero attached hydrogens (tertiary/aromatic N) is 4. The summed E-state index contributed by atoms with van der Waals surface area (Å²) in [5.41, 5.74) is 3.26. The van der Waals surface area contributed by atoms with Gasteiger partial charge in [-0.15, -0.1) is 5.10 Å². The van der Waals surface area contributed by atoms with E-state index in [1.54, 1.807) is 4.68 Å². The standard InChI is InChI=1S/C16H17N5/c1-12-8-6-7-11-14(12)21-16(18-19-20-21)15(17-2)13-9-4-3-5-10-13/h3-11,15,17H,1-2H3/t15-/m1/s1. The molecule has 106 valence electrons. The minimum atomic E-state index is -0.0548. The SMILES string of the molecule is CN[C@H](c1ccccc1)c1nnnn1-c1ccccc1C. The van der Waals surface area contributed by atoms with Crippen molar-refractivity contribution in [1.29, 1.82) is 0 Å². The predicted octanol–water partition coefficient (Wildman–Crippen LogP) is 2.28. The third-order valence-corrected chi connectivity index (χ3v) is 3.52. The molecule has 1 atom stereocenters. The molecule has 5 heteroatoms. The van der Waals surface area contributed by atoms with E-state index in [-0.39, 0.29) is 6.04 Å². The zero-order chi connectivity index (χ0) is 14.7. The average Bonchev–Trinajstić information content (AvgIpc) is 2.99. The summed E-state index contributed by atoms with van der Waals surface area (Å²) < 4.78 is 1.80. The molecule has 0 saturated heterocycles. The number of hydrogen-bond donors (Lipinski definition) is 1. The third-order valence-electron chi connectivity index (χ3n) is 3.52. The second kappa shape index (κ2) is 5.85. The minimum absolute atomic E-state index is 0.0548. The van der Waals surface area contributed by atoms with Crippen molar-refractivity contribution in [3.8, 4) is 5.69 Å². The van der Waals surface area contributed by atoms with Gasteiger partial charge in [0, 0.05) is 0 Å². The molecular weight excluding hydrogens is 262 g/mol. The van der Waals surface area contributed by atoms with E-state index in [4.69, 9.17) is 0 Å². The van der Waals surface area contributed by atoms with Crippen LogP contribution >= 0.6 is 0 Å². The first-order valence-electron chi connectivity index (χ1n) is 6.87. The first-order chi connectivity index (χ1) is 10.3. The van der Waals surface area contributed by atoms with E-state index >= 15 is 0 Å². The summed E-state index contributed by atoms with van der Waals surface area (Å²) in [7, 11) is 1.91. The van der Waals surface area contributed by atoms with Crippen molar-refractivity contribution in [2.75, 3.05) is 7.05 Å². The molecule has 0 fully saturated rings. The molecule has 0 aliphatic rings. The van der Waals surface area contributed by atoms with E-state index < -0.39 is 0 Å². The summed E-state index contributed by atoms with van der Waals surface area (Å²) in [6.07, 6.45) is 0. The number of benzene rings is 2. The van der Waals surface area contributed by atoms with Gasteiger partial charge in [0.05, 0.1) is 11.7 Å². The van der Waals surface area contributed by atoms with Crippen LogP contribution in [0, 0.1) is 6.92 Å². The van der Waals surface area contributed by atoms with E-state index in [9.17, 15) is 0 Å². The number of tetrazole rings is 1. The van der Waals surface area contributed by atoms with Gasteiger partial charge >= 0.3 is 0 Å². The van der Waals surface area contributed by atoms with E-state index in [1.807, 2.05) is 43.4 Å². The molecule has 0 aliphatic heterocycles. The number of hydrogen-bond acceptors (Lipinski definition) is 4. The monoisotopic (exact) mass is 279 g/mol. The van der Waals surface area contributed by atoms with Crippen LogP contribution < -0.4 is 5.32 Å². The molecule has 1 aromatic heterocycles. The summed E-state index contributed by atoms with van der Waals surface area (Å²) in [4.78, 5) is 0. The zero-order valence-electron chi connectivity index (χ0n) is 12.1.